The molecule has 0 bridgehead atoms. The van der Waals surface area contributed by atoms with Crippen molar-refractivity contribution in [3.63, 3.8) is 0 Å². The highest BCUT2D eigenvalue weighted by atomic mass is 16.3. The van der Waals surface area contributed by atoms with Gasteiger partial charge in [0.05, 0.1) is 6.54 Å². The third-order valence-electron chi connectivity index (χ3n) is 3.58. The van der Waals surface area contributed by atoms with Crippen LogP contribution < -0.4 is 0 Å². The lowest BCUT2D eigenvalue weighted by Gasteiger charge is -2.18. The van der Waals surface area contributed by atoms with Crippen LogP contribution in [0.15, 0.2) is 24.3 Å². The number of benzene rings is 1. The van der Waals surface area contributed by atoms with Crippen molar-refractivity contribution in [2.45, 2.75) is 46.1 Å². The summed E-state index contributed by atoms with van der Waals surface area (Å²) in [6.07, 6.45) is 3.91. The molecule has 0 radical (unpaired) electrons. The summed E-state index contributed by atoms with van der Waals surface area (Å²) in [6.45, 7) is 7.41. The van der Waals surface area contributed by atoms with Gasteiger partial charge in [-0.2, -0.15) is 5.10 Å². The van der Waals surface area contributed by atoms with Gasteiger partial charge in [0.2, 0.25) is 0 Å². The van der Waals surface area contributed by atoms with Crippen LogP contribution in [0.4, 0.5) is 0 Å². The molecule has 0 aliphatic heterocycles. The average molecular weight is 302 g/mol. The van der Waals surface area contributed by atoms with Gasteiger partial charge in [0.15, 0.2) is 5.82 Å². The van der Waals surface area contributed by atoms with Gasteiger partial charge in [-0.3, -0.25) is 10.00 Å². The molecule has 1 aromatic heterocycles. The van der Waals surface area contributed by atoms with Crippen LogP contribution in [0, 0.1) is 0 Å². The highest BCUT2D eigenvalue weighted by Gasteiger charge is 2.09. The summed E-state index contributed by atoms with van der Waals surface area (Å²) in [6, 6.07) is 7.35. The van der Waals surface area contributed by atoms with Crippen molar-refractivity contribution in [1.29, 1.82) is 0 Å². The largest absolute Gasteiger partial charge is 0.508 e. The molecule has 0 atom stereocenters. The monoisotopic (exact) mass is 302 g/mol. The van der Waals surface area contributed by atoms with Crippen molar-refractivity contribution < 1.29 is 5.11 Å². The van der Waals surface area contributed by atoms with E-state index in [4.69, 9.17) is 0 Å². The summed E-state index contributed by atoms with van der Waals surface area (Å²) in [5, 5.41) is 16.8. The molecule has 1 heterocycles. The Kier molecular flexibility index (Phi) is 6.40. The molecule has 120 valence electrons. The third kappa shape index (κ3) is 5.15. The maximum atomic E-state index is 9.47. The van der Waals surface area contributed by atoms with E-state index in [1.807, 2.05) is 12.1 Å². The molecule has 5 nitrogen and oxygen atoms in total. The average Bonchev–Trinajstić information content (AvgIpc) is 2.93. The van der Waals surface area contributed by atoms with E-state index < -0.39 is 0 Å². The minimum atomic E-state index is 0.308. The van der Waals surface area contributed by atoms with Crippen LogP contribution in [-0.2, 0) is 19.4 Å². The van der Waals surface area contributed by atoms with Crippen molar-refractivity contribution in [2.75, 3.05) is 13.1 Å². The number of H-pyrrole nitrogens is 1. The molecule has 2 rings (SSSR count). The number of aromatic amines is 1. The van der Waals surface area contributed by atoms with E-state index in [1.54, 1.807) is 12.1 Å². The van der Waals surface area contributed by atoms with Crippen LogP contribution >= 0.6 is 0 Å². The normalized spacial score (nSPS) is 11.2. The maximum absolute atomic E-state index is 9.47. The Morgan fingerprint density at radius 1 is 1.14 bits per heavy atom. The van der Waals surface area contributed by atoms with Crippen molar-refractivity contribution >= 4 is 0 Å². The lowest BCUT2D eigenvalue weighted by atomic mass is 10.1. The Hall–Kier alpha value is -1.88. The smallest absolute Gasteiger partial charge is 0.151 e. The number of nitrogens with zero attached hydrogens (tertiary/aromatic N) is 3. The molecule has 0 aliphatic carbocycles. The fourth-order valence-corrected chi connectivity index (χ4v) is 2.60. The molecule has 5 heteroatoms. The minimum absolute atomic E-state index is 0.308. The predicted molar refractivity (Wildman–Crippen MR) is 87.8 cm³/mol. The number of aryl methyl sites for hydroxylation is 2. The zero-order chi connectivity index (χ0) is 15.8. The van der Waals surface area contributed by atoms with Crippen molar-refractivity contribution in [1.82, 2.24) is 20.1 Å². The Morgan fingerprint density at radius 2 is 1.91 bits per heavy atom. The summed E-state index contributed by atoms with van der Waals surface area (Å²) < 4.78 is 0. The van der Waals surface area contributed by atoms with E-state index in [-0.39, 0.29) is 0 Å². The molecule has 1 aromatic carbocycles. The van der Waals surface area contributed by atoms with Crippen LogP contribution in [0.2, 0.25) is 0 Å². The Balaban J connectivity index is 1.88. The quantitative estimate of drug-likeness (QED) is 0.747. The minimum Gasteiger partial charge on any atom is -0.508 e. The van der Waals surface area contributed by atoms with Crippen molar-refractivity contribution in [2.24, 2.45) is 0 Å². The van der Waals surface area contributed by atoms with Gasteiger partial charge in [0, 0.05) is 6.42 Å². The number of aromatic hydroxyl groups is 1. The standard InChI is InChI=1S/C17H26N4O/c1-3-10-21(11-4-2)13-17-18-16(19-20-17)9-8-14-6-5-7-15(22)12-14/h5-7,12,22H,3-4,8-11,13H2,1-2H3,(H,18,19,20). The van der Waals surface area contributed by atoms with Gasteiger partial charge in [-0.05, 0) is 50.0 Å². The second-order valence-corrected chi connectivity index (χ2v) is 5.64. The molecule has 2 aromatic rings. The highest BCUT2D eigenvalue weighted by molar-refractivity contribution is 5.27. The summed E-state index contributed by atoms with van der Waals surface area (Å²) in [7, 11) is 0. The molecular formula is C17H26N4O. The van der Waals surface area contributed by atoms with E-state index in [2.05, 4.69) is 33.9 Å². The van der Waals surface area contributed by atoms with Gasteiger partial charge in [0.25, 0.3) is 0 Å². The van der Waals surface area contributed by atoms with Crippen molar-refractivity contribution in [3.05, 3.63) is 41.5 Å². The number of phenolic OH excluding ortho intramolecular Hbond substituents is 1. The van der Waals surface area contributed by atoms with Crippen LogP contribution in [-0.4, -0.2) is 38.3 Å². The second kappa shape index (κ2) is 8.54. The Bertz CT molecular complexity index is 561. The van der Waals surface area contributed by atoms with Crippen LogP contribution in [0.25, 0.3) is 0 Å². The number of hydrogen-bond donors (Lipinski definition) is 2. The SMILES string of the molecule is CCCN(CCC)Cc1nc(CCc2cccc(O)c2)n[nH]1. The first-order valence-electron chi connectivity index (χ1n) is 8.11. The predicted octanol–water partition coefficient (Wildman–Crippen LogP) is 2.92. The number of aromatic nitrogens is 3. The third-order valence-corrected chi connectivity index (χ3v) is 3.58. The van der Waals surface area contributed by atoms with E-state index in [9.17, 15) is 5.11 Å². The molecule has 0 unspecified atom stereocenters. The maximum Gasteiger partial charge on any atom is 0.151 e. The fraction of sp³-hybridized carbons (Fsp3) is 0.529. The second-order valence-electron chi connectivity index (χ2n) is 5.64. The van der Waals surface area contributed by atoms with Gasteiger partial charge >= 0.3 is 0 Å². The topological polar surface area (TPSA) is 65.0 Å². The Morgan fingerprint density at radius 3 is 2.59 bits per heavy atom. The summed E-state index contributed by atoms with van der Waals surface area (Å²) >= 11 is 0. The summed E-state index contributed by atoms with van der Waals surface area (Å²) in [4.78, 5) is 6.98. The van der Waals surface area contributed by atoms with Crippen molar-refractivity contribution in [3.8, 4) is 5.75 Å². The molecule has 0 amide bonds. The lowest BCUT2D eigenvalue weighted by molar-refractivity contribution is 0.260. The van der Waals surface area contributed by atoms with Gasteiger partial charge in [-0.15, -0.1) is 0 Å². The van der Waals surface area contributed by atoms with Crippen LogP contribution in [0.1, 0.15) is 43.9 Å². The van der Waals surface area contributed by atoms with Gasteiger partial charge in [-0.1, -0.05) is 26.0 Å². The number of nitrogens with one attached hydrogen (secondary N) is 1. The molecule has 0 aliphatic rings. The first kappa shape index (κ1) is 16.5. The van der Waals surface area contributed by atoms with Gasteiger partial charge in [0.1, 0.15) is 11.6 Å². The zero-order valence-electron chi connectivity index (χ0n) is 13.5. The zero-order valence-corrected chi connectivity index (χ0v) is 13.5. The first-order valence-corrected chi connectivity index (χ1v) is 8.11. The highest BCUT2D eigenvalue weighted by Crippen LogP contribution is 2.12. The van der Waals surface area contributed by atoms with E-state index >= 15 is 0 Å². The molecule has 0 saturated heterocycles. The number of rotatable bonds is 9. The fourth-order valence-electron chi connectivity index (χ4n) is 2.60. The molecule has 0 saturated carbocycles. The van der Waals surface area contributed by atoms with E-state index in [0.29, 0.717) is 5.75 Å². The van der Waals surface area contributed by atoms with Crippen LogP contribution in [0.3, 0.4) is 0 Å². The lowest BCUT2D eigenvalue weighted by Crippen LogP contribution is -2.25. The number of phenols is 1. The molecular weight excluding hydrogens is 276 g/mol. The summed E-state index contributed by atoms with van der Waals surface area (Å²) in [5.41, 5.74) is 1.10. The molecule has 0 fully saturated rings. The van der Waals surface area contributed by atoms with E-state index in [0.717, 1.165) is 62.5 Å². The molecule has 0 spiro atoms. The Labute approximate surface area is 132 Å². The van der Waals surface area contributed by atoms with E-state index in [1.165, 1.54) is 0 Å². The first-order chi connectivity index (χ1) is 10.7. The molecule has 22 heavy (non-hydrogen) atoms. The number of hydrogen-bond acceptors (Lipinski definition) is 4. The summed E-state index contributed by atoms with van der Waals surface area (Å²) in [5.74, 6) is 2.09. The van der Waals surface area contributed by atoms with Crippen LogP contribution in [0.5, 0.6) is 5.75 Å². The molecule has 2 N–H and O–H groups in total. The van der Waals surface area contributed by atoms with Gasteiger partial charge in [-0.25, -0.2) is 4.98 Å². The van der Waals surface area contributed by atoms with Gasteiger partial charge < -0.3 is 5.11 Å².